The molecular weight excluding hydrogens is 390 g/mol. The molecular formula is C26H37NO2S. The van der Waals surface area contributed by atoms with Gasteiger partial charge in [-0.3, -0.25) is 4.79 Å². The number of carbonyl (C=O) groups excluding carboxylic acids is 1. The molecule has 0 aliphatic heterocycles. The number of carbonyl (C=O) groups is 1. The minimum Gasteiger partial charge on any atom is -0.493 e. The van der Waals surface area contributed by atoms with Gasteiger partial charge in [-0.15, -0.1) is 11.3 Å². The summed E-state index contributed by atoms with van der Waals surface area (Å²) in [6, 6.07) is 4.34. The molecule has 2 aromatic rings. The number of nitrogens with two attached hydrogens (primary N) is 1. The molecule has 1 aromatic carbocycles. The first-order chi connectivity index (χ1) is 14.3. The van der Waals surface area contributed by atoms with Gasteiger partial charge in [0.05, 0.1) is 11.5 Å². The largest absolute Gasteiger partial charge is 0.493 e. The highest BCUT2D eigenvalue weighted by atomic mass is 32.1. The number of fused-ring (bicyclic) bond motifs is 1. The Morgan fingerprint density at radius 1 is 1.20 bits per heavy atom. The van der Waals surface area contributed by atoms with Gasteiger partial charge >= 0.3 is 0 Å². The van der Waals surface area contributed by atoms with Crippen LogP contribution in [-0.2, 0) is 25.7 Å². The summed E-state index contributed by atoms with van der Waals surface area (Å²) in [6.07, 6.45) is 6.57. The summed E-state index contributed by atoms with van der Waals surface area (Å²) in [6.45, 7) is 12.4. The van der Waals surface area contributed by atoms with Gasteiger partial charge in [-0.1, -0.05) is 32.9 Å². The van der Waals surface area contributed by atoms with Crippen molar-refractivity contribution in [2.75, 3.05) is 13.2 Å². The SMILES string of the molecule is CCc1sc(C(=O)CCc2cc(C)c(OCCCN)c(C)c2)c2c1CC(C)(C)CC2. The van der Waals surface area contributed by atoms with Crippen molar-refractivity contribution in [1.29, 1.82) is 0 Å². The lowest BCUT2D eigenvalue weighted by atomic mass is 9.74. The molecule has 1 heterocycles. The highest BCUT2D eigenvalue weighted by Gasteiger charge is 2.31. The molecule has 0 saturated carbocycles. The number of ketones is 1. The van der Waals surface area contributed by atoms with Crippen LogP contribution in [0.5, 0.6) is 5.75 Å². The molecule has 0 saturated heterocycles. The first-order valence-electron chi connectivity index (χ1n) is 11.4. The van der Waals surface area contributed by atoms with Gasteiger partial charge in [0.1, 0.15) is 5.75 Å². The van der Waals surface area contributed by atoms with E-state index >= 15 is 0 Å². The third kappa shape index (κ3) is 5.15. The maximum Gasteiger partial charge on any atom is 0.173 e. The molecule has 0 unspecified atom stereocenters. The molecule has 0 radical (unpaired) electrons. The van der Waals surface area contributed by atoms with E-state index in [0.717, 1.165) is 53.9 Å². The van der Waals surface area contributed by atoms with Crippen LogP contribution >= 0.6 is 11.3 Å². The predicted molar refractivity (Wildman–Crippen MR) is 127 cm³/mol. The van der Waals surface area contributed by atoms with E-state index in [-0.39, 0.29) is 0 Å². The second kappa shape index (κ2) is 9.65. The lowest BCUT2D eigenvalue weighted by Crippen LogP contribution is -2.22. The van der Waals surface area contributed by atoms with Gasteiger partial charge in [-0.25, -0.2) is 0 Å². The quantitative estimate of drug-likeness (QED) is 0.395. The Hall–Kier alpha value is -1.65. The first kappa shape index (κ1) is 23.0. The van der Waals surface area contributed by atoms with E-state index in [1.165, 1.54) is 28.0 Å². The van der Waals surface area contributed by atoms with Crippen LogP contribution < -0.4 is 10.5 Å². The molecule has 0 bridgehead atoms. The van der Waals surface area contributed by atoms with Gasteiger partial charge in [0, 0.05) is 11.3 Å². The van der Waals surface area contributed by atoms with E-state index in [0.29, 0.717) is 30.8 Å². The predicted octanol–water partition coefficient (Wildman–Crippen LogP) is 5.99. The average molecular weight is 428 g/mol. The number of hydrogen-bond donors (Lipinski definition) is 1. The van der Waals surface area contributed by atoms with Crippen molar-refractivity contribution in [3.8, 4) is 5.75 Å². The van der Waals surface area contributed by atoms with E-state index in [9.17, 15) is 4.79 Å². The number of aryl methyl sites for hydroxylation is 4. The van der Waals surface area contributed by atoms with Gasteiger partial charge in [0.25, 0.3) is 0 Å². The van der Waals surface area contributed by atoms with E-state index in [4.69, 9.17) is 10.5 Å². The van der Waals surface area contributed by atoms with Crippen molar-refractivity contribution in [2.45, 2.75) is 79.6 Å². The molecule has 1 aliphatic carbocycles. The van der Waals surface area contributed by atoms with Crippen LogP contribution in [0.2, 0.25) is 0 Å². The lowest BCUT2D eigenvalue weighted by Gasteiger charge is -2.30. The smallest absolute Gasteiger partial charge is 0.173 e. The Labute approximate surface area is 186 Å². The highest BCUT2D eigenvalue weighted by molar-refractivity contribution is 7.14. The molecule has 164 valence electrons. The third-order valence-corrected chi connectivity index (χ3v) is 7.70. The van der Waals surface area contributed by atoms with Crippen LogP contribution in [0.1, 0.15) is 82.4 Å². The molecule has 1 aromatic heterocycles. The molecule has 0 amide bonds. The average Bonchev–Trinajstić information content (AvgIpc) is 3.05. The summed E-state index contributed by atoms with van der Waals surface area (Å²) in [5, 5.41) is 0. The second-order valence-electron chi connectivity index (χ2n) is 9.48. The Kier molecular flexibility index (Phi) is 7.41. The number of thiophene rings is 1. The molecule has 4 heteroatoms. The zero-order chi connectivity index (χ0) is 21.9. The van der Waals surface area contributed by atoms with Crippen LogP contribution in [0.3, 0.4) is 0 Å². The van der Waals surface area contributed by atoms with Crippen LogP contribution in [0.25, 0.3) is 0 Å². The minimum atomic E-state index is 0.314. The van der Waals surface area contributed by atoms with Crippen LogP contribution in [0, 0.1) is 19.3 Å². The summed E-state index contributed by atoms with van der Waals surface area (Å²) in [7, 11) is 0. The fourth-order valence-electron chi connectivity index (χ4n) is 4.60. The van der Waals surface area contributed by atoms with Crippen molar-refractivity contribution in [3.63, 3.8) is 0 Å². The summed E-state index contributed by atoms with van der Waals surface area (Å²) < 4.78 is 5.91. The van der Waals surface area contributed by atoms with Crippen molar-refractivity contribution >= 4 is 17.1 Å². The topological polar surface area (TPSA) is 52.3 Å². The van der Waals surface area contributed by atoms with E-state index in [2.05, 4.69) is 46.8 Å². The summed E-state index contributed by atoms with van der Waals surface area (Å²) in [5.74, 6) is 1.27. The number of rotatable bonds is 9. The molecule has 1 aliphatic rings. The molecule has 0 atom stereocenters. The summed E-state index contributed by atoms with van der Waals surface area (Å²) in [5.41, 5.74) is 12.2. The Balaban J connectivity index is 1.71. The third-order valence-electron chi connectivity index (χ3n) is 6.24. The van der Waals surface area contributed by atoms with Crippen LogP contribution in [0.4, 0.5) is 0 Å². The monoisotopic (exact) mass is 427 g/mol. The van der Waals surface area contributed by atoms with Crippen molar-refractivity contribution in [3.05, 3.63) is 49.7 Å². The lowest BCUT2D eigenvalue weighted by molar-refractivity contribution is 0.0985. The first-order valence-corrected chi connectivity index (χ1v) is 12.2. The Morgan fingerprint density at radius 3 is 2.53 bits per heavy atom. The summed E-state index contributed by atoms with van der Waals surface area (Å²) >= 11 is 1.76. The minimum absolute atomic E-state index is 0.314. The molecule has 0 fully saturated rings. The fraction of sp³-hybridized carbons (Fsp3) is 0.577. The zero-order valence-corrected chi connectivity index (χ0v) is 20.1. The van der Waals surface area contributed by atoms with Crippen molar-refractivity contribution in [1.82, 2.24) is 0 Å². The van der Waals surface area contributed by atoms with E-state index < -0.39 is 0 Å². The molecule has 3 rings (SSSR count). The van der Waals surface area contributed by atoms with Crippen LogP contribution in [-0.4, -0.2) is 18.9 Å². The van der Waals surface area contributed by atoms with E-state index in [1.54, 1.807) is 11.3 Å². The Bertz CT molecular complexity index is 887. The number of benzene rings is 1. The van der Waals surface area contributed by atoms with E-state index in [1.807, 2.05) is 0 Å². The fourth-order valence-corrected chi connectivity index (χ4v) is 5.88. The van der Waals surface area contributed by atoms with Gasteiger partial charge in [0.2, 0.25) is 0 Å². The molecule has 30 heavy (non-hydrogen) atoms. The zero-order valence-electron chi connectivity index (χ0n) is 19.3. The number of hydrogen-bond acceptors (Lipinski definition) is 4. The number of Topliss-reactive ketones (excluding diaryl/α,β-unsaturated/α-hetero) is 1. The van der Waals surface area contributed by atoms with Gasteiger partial charge in [-0.05, 0) is 92.1 Å². The number of ether oxygens (including phenoxy) is 1. The standard InChI is InChI=1S/C26H37NO2S/c1-6-23-21-16-26(4,5)11-10-20(21)25(30-23)22(28)9-8-19-14-17(2)24(18(3)15-19)29-13-7-12-27/h14-15H,6-13,16,27H2,1-5H3. The summed E-state index contributed by atoms with van der Waals surface area (Å²) in [4.78, 5) is 15.6. The Morgan fingerprint density at radius 2 is 1.90 bits per heavy atom. The van der Waals surface area contributed by atoms with Crippen molar-refractivity contribution < 1.29 is 9.53 Å². The molecule has 0 spiro atoms. The van der Waals surface area contributed by atoms with Gasteiger partial charge in [-0.2, -0.15) is 0 Å². The van der Waals surface area contributed by atoms with Crippen molar-refractivity contribution in [2.24, 2.45) is 11.1 Å². The molecule has 3 nitrogen and oxygen atoms in total. The second-order valence-corrected chi connectivity index (χ2v) is 10.6. The van der Waals surface area contributed by atoms with Gasteiger partial charge < -0.3 is 10.5 Å². The maximum absolute atomic E-state index is 13.2. The maximum atomic E-state index is 13.2. The van der Waals surface area contributed by atoms with Gasteiger partial charge in [0.15, 0.2) is 5.78 Å². The molecule has 2 N–H and O–H groups in total. The normalized spacial score (nSPS) is 15.1. The highest BCUT2D eigenvalue weighted by Crippen LogP contribution is 2.42. The van der Waals surface area contributed by atoms with Crippen LogP contribution in [0.15, 0.2) is 12.1 Å².